The van der Waals surface area contributed by atoms with Gasteiger partial charge in [-0.25, -0.2) is 13.2 Å². The highest BCUT2D eigenvalue weighted by molar-refractivity contribution is 7.92. The van der Waals surface area contributed by atoms with Gasteiger partial charge in [-0.1, -0.05) is 17.7 Å². The number of hydrogen-bond donors (Lipinski definition) is 2. The molecule has 0 spiro atoms. The average Bonchev–Trinajstić information content (AvgIpc) is 2.64. The second kappa shape index (κ2) is 8.38. The zero-order valence-electron chi connectivity index (χ0n) is 15.1. The van der Waals surface area contributed by atoms with Crippen molar-refractivity contribution in [1.29, 1.82) is 5.26 Å². The van der Waals surface area contributed by atoms with Gasteiger partial charge in [-0.3, -0.25) is 4.72 Å². The standard InChI is InChI=1S/C19H19N3O4S/c1-13-4-9-18(14(2)10-13)22-27(24,25)17-7-5-16(6-8-17)21-12-15(11-20)19(23)26-3/h4-10,12,21-22H,1-3H3/b15-12-. The Balaban J connectivity index is 2.17. The second-order valence-electron chi connectivity index (χ2n) is 5.75. The van der Waals surface area contributed by atoms with Gasteiger partial charge in [0, 0.05) is 11.9 Å². The first-order valence-corrected chi connectivity index (χ1v) is 9.40. The number of methoxy groups -OCH3 is 1. The predicted molar refractivity (Wildman–Crippen MR) is 103 cm³/mol. The highest BCUT2D eigenvalue weighted by atomic mass is 32.2. The number of ether oxygens (including phenoxy) is 1. The number of benzene rings is 2. The lowest BCUT2D eigenvalue weighted by Crippen LogP contribution is -2.13. The van der Waals surface area contributed by atoms with Crippen LogP contribution >= 0.6 is 0 Å². The summed E-state index contributed by atoms with van der Waals surface area (Å²) in [7, 11) is -2.56. The van der Waals surface area contributed by atoms with E-state index in [9.17, 15) is 13.2 Å². The Bertz CT molecular complexity index is 1020. The minimum Gasteiger partial charge on any atom is -0.465 e. The summed E-state index contributed by atoms with van der Waals surface area (Å²) in [5, 5.41) is 11.6. The maximum atomic E-state index is 12.5. The smallest absolute Gasteiger partial charge is 0.350 e. The van der Waals surface area contributed by atoms with Crippen LogP contribution < -0.4 is 10.0 Å². The van der Waals surface area contributed by atoms with E-state index in [2.05, 4.69) is 14.8 Å². The second-order valence-corrected chi connectivity index (χ2v) is 7.44. The fraction of sp³-hybridized carbons (Fsp3) is 0.158. The van der Waals surface area contributed by atoms with Crippen LogP contribution in [0.25, 0.3) is 0 Å². The lowest BCUT2D eigenvalue weighted by Gasteiger charge is -2.11. The van der Waals surface area contributed by atoms with Gasteiger partial charge in [0.2, 0.25) is 0 Å². The molecule has 0 aliphatic heterocycles. The van der Waals surface area contributed by atoms with Crippen LogP contribution in [0.2, 0.25) is 0 Å². The number of aryl methyl sites for hydroxylation is 2. The summed E-state index contributed by atoms with van der Waals surface area (Å²) in [6, 6.07) is 13.1. The van der Waals surface area contributed by atoms with Crippen molar-refractivity contribution in [2.24, 2.45) is 0 Å². The molecule has 0 atom stereocenters. The van der Waals surface area contributed by atoms with E-state index >= 15 is 0 Å². The summed E-state index contributed by atoms with van der Waals surface area (Å²) < 4.78 is 32.1. The van der Waals surface area contributed by atoms with E-state index in [1.807, 2.05) is 26.0 Å². The van der Waals surface area contributed by atoms with Gasteiger partial charge in [0.15, 0.2) is 5.57 Å². The van der Waals surface area contributed by atoms with Crippen molar-refractivity contribution in [3.05, 3.63) is 65.4 Å². The Kier molecular flexibility index (Phi) is 6.21. The van der Waals surface area contributed by atoms with Crippen LogP contribution in [0.5, 0.6) is 0 Å². The quantitative estimate of drug-likeness (QED) is 0.449. The molecule has 0 aromatic heterocycles. The first-order valence-electron chi connectivity index (χ1n) is 7.92. The number of hydrogen-bond acceptors (Lipinski definition) is 6. The topological polar surface area (TPSA) is 108 Å². The first-order chi connectivity index (χ1) is 12.8. The van der Waals surface area contributed by atoms with E-state index in [-0.39, 0.29) is 10.5 Å². The monoisotopic (exact) mass is 385 g/mol. The fourth-order valence-electron chi connectivity index (χ4n) is 2.26. The molecule has 0 aliphatic rings. The number of carbonyl (C=O) groups is 1. The number of sulfonamides is 1. The zero-order chi connectivity index (χ0) is 20.0. The number of carbonyl (C=O) groups excluding carboxylic acids is 1. The minimum atomic E-state index is -3.74. The summed E-state index contributed by atoms with van der Waals surface area (Å²) in [5.74, 6) is -0.762. The third-order valence-corrected chi connectivity index (χ3v) is 5.08. The number of rotatable bonds is 6. The lowest BCUT2D eigenvalue weighted by molar-refractivity contribution is -0.135. The molecule has 0 radical (unpaired) electrons. The zero-order valence-corrected chi connectivity index (χ0v) is 15.9. The predicted octanol–water partition coefficient (Wildman–Crippen LogP) is 3.10. The Labute approximate surface area is 158 Å². The van der Waals surface area contributed by atoms with Crippen molar-refractivity contribution in [2.45, 2.75) is 18.7 Å². The molecule has 2 N–H and O–H groups in total. The van der Waals surface area contributed by atoms with Crippen molar-refractivity contribution in [3.8, 4) is 6.07 Å². The molecule has 2 aromatic rings. The highest BCUT2D eigenvalue weighted by Gasteiger charge is 2.15. The third kappa shape index (κ3) is 5.09. The molecule has 0 aliphatic carbocycles. The molecule has 0 heterocycles. The van der Waals surface area contributed by atoms with E-state index in [4.69, 9.17) is 5.26 Å². The molecule has 0 amide bonds. The Hall–Kier alpha value is -3.31. The number of nitrogens with one attached hydrogen (secondary N) is 2. The van der Waals surface area contributed by atoms with Crippen LogP contribution in [0.3, 0.4) is 0 Å². The van der Waals surface area contributed by atoms with Crippen LogP contribution in [0, 0.1) is 25.2 Å². The number of anilines is 2. The fourth-order valence-corrected chi connectivity index (χ4v) is 3.40. The Morgan fingerprint density at radius 2 is 1.81 bits per heavy atom. The van der Waals surface area contributed by atoms with E-state index < -0.39 is 16.0 Å². The highest BCUT2D eigenvalue weighted by Crippen LogP contribution is 2.22. The molecule has 27 heavy (non-hydrogen) atoms. The van der Waals surface area contributed by atoms with Crippen LogP contribution in [-0.2, 0) is 19.6 Å². The molecular formula is C19H19N3O4S. The molecule has 0 unspecified atom stereocenters. The molecule has 0 saturated carbocycles. The number of nitrogens with zero attached hydrogens (tertiary/aromatic N) is 1. The van der Waals surface area contributed by atoms with Crippen molar-refractivity contribution in [1.82, 2.24) is 0 Å². The van der Waals surface area contributed by atoms with Crippen molar-refractivity contribution >= 4 is 27.4 Å². The summed E-state index contributed by atoms with van der Waals surface area (Å²) in [4.78, 5) is 11.4. The molecule has 0 fully saturated rings. The van der Waals surface area contributed by atoms with Crippen LogP contribution in [0.4, 0.5) is 11.4 Å². The molecule has 8 heteroatoms. The summed E-state index contributed by atoms with van der Waals surface area (Å²) in [6.45, 7) is 3.77. The molecule has 140 valence electrons. The molecule has 0 saturated heterocycles. The average molecular weight is 385 g/mol. The van der Waals surface area contributed by atoms with Gasteiger partial charge in [-0.05, 0) is 49.7 Å². The molecule has 7 nitrogen and oxygen atoms in total. The van der Waals surface area contributed by atoms with Gasteiger partial charge in [-0.2, -0.15) is 5.26 Å². The third-order valence-electron chi connectivity index (χ3n) is 3.70. The number of nitriles is 1. The maximum absolute atomic E-state index is 12.5. The minimum absolute atomic E-state index is 0.0884. The van der Waals surface area contributed by atoms with Gasteiger partial charge >= 0.3 is 5.97 Å². The van der Waals surface area contributed by atoms with Gasteiger partial charge in [0.05, 0.1) is 17.7 Å². The van der Waals surface area contributed by atoms with Crippen molar-refractivity contribution in [2.75, 3.05) is 17.1 Å². The lowest BCUT2D eigenvalue weighted by atomic mass is 10.1. The van der Waals surface area contributed by atoms with Gasteiger partial charge < -0.3 is 10.1 Å². The summed E-state index contributed by atoms with van der Waals surface area (Å²) in [5.41, 5.74) is 2.70. The first kappa shape index (κ1) is 20.0. The van der Waals surface area contributed by atoms with Crippen LogP contribution in [-0.4, -0.2) is 21.5 Å². The van der Waals surface area contributed by atoms with Gasteiger partial charge in [0.25, 0.3) is 10.0 Å². The van der Waals surface area contributed by atoms with Crippen LogP contribution in [0.1, 0.15) is 11.1 Å². The number of esters is 1. The summed E-state index contributed by atoms with van der Waals surface area (Å²) in [6.07, 6.45) is 1.20. The van der Waals surface area contributed by atoms with Gasteiger partial charge in [0.1, 0.15) is 6.07 Å². The van der Waals surface area contributed by atoms with Gasteiger partial charge in [-0.15, -0.1) is 0 Å². The molecule has 2 rings (SSSR count). The van der Waals surface area contributed by atoms with E-state index in [1.54, 1.807) is 12.1 Å². The van der Waals surface area contributed by atoms with E-state index in [1.165, 1.54) is 37.6 Å². The van der Waals surface area contributed by atoms with Crippen LogP contribution in [0.15, 0.2) is 59.1 Å². The van der Waals surface area contributed by atoms with Crippen molar-refractivity contribution in [3.63, 3.8) is 0 Å². The van der Waals surface area contributed by atoms with E-state index in [0.717, 1.165) is 11.1 Å². The molecule has 0 bridgehead atoms. The van der Waals surface area contributed by atoms with Crippen molar-refractivity contribution < 1.29 is 17.9 Å². The molecule has 2 aromatic carbocycles. The maximum Gasteiger partial charge on any atom is 0.350 e. The largest absolute Gasteiger partial charge is 0.465 e. The SMILES string of the molecule is COC(=O)/C(C#N)=C\Nc1ccc(S(=O)(=O)Nc2ccc(C)cc2C)cc1. The van der Waals surface area contributed by atoms with E-state index in [0.29, 0.717) is 11.4 Å². The molecular weight excluding hydrogens is 366 g/mol. The normalized spacial score (nSPS) is 11.4. The summed E-state index contributed by atoms with van der Waals surface area (Å²) >= 11 is 0. The Morgan fingerprint density at radius 1 is 1.15 bits per heavy atom. The Morgan fingerprint density at radius 3 is 2.37 bits per heavy atom.